The van der Waals surface area contributed by atoms with E-state index in [0.29, 0.717) is 5.88 Å². The monoisotopic (exact) mass is 357 g/mol. The number of nitrogens with two attached hydrogens (primary N) is 2. The summed E-state index contributed by atoms with van der Waals surface area (Å²) in [5.41, 5.74) is 15.5. The molecular weight excluding hydrogens is 330 g/mol. The van der Waals surface area contributed by atoms with Crippen LogP contribution in [-0.4, -0.2) is 12.9 Å². The molecule has 0 saturated heterocycles. The lowest BCUT2D eigenvalue weighted by atomic mass is 9.97. The normalized spacial score (nSPS) is 11.9. The molecule has 0 radical (unpaired) electrons. The lowest BCUT2D eigenvalue weighted by molar-refractivity contribution is 0.885. The van der Waals surface area contributed by atoms with Gasteiger partial charge >= 0.3 is 0 Å². The van der Waals surface area contributed by atoms with E-state index < -0.39 is 0 Å². The average molecular weight is 358 g/mol. The topological polar surface area (TPSA) is 64.1 Å². The molecule has 0 spiro atoms. The molecule has 0 aliphatic heterocycles. The Hall–Kier alpha value is -2.23. The van der Waals surface area contributed by atoms with Crippen LogP contribution in [0, 0.1) is 0 Å². The Labute approximate surface area is 156 Å². The second kappa shape index (κ2) is 11.3. The Balaban J connectivity index is 0.00000151. The third-order valence-electron chi connectivity index (χ3n) is 3.80. The van der Waals surface area contributed by atoms with E-state index in [1.807, 2.05) is 18.2 Å². The van der Waals surface area contributed by atoms with Crippen LogP contribution in [0.2, 0.25) is 0 Å². The lowest BCUT2D eigenvalue weighted by Crippen LogP contribution is -2.06. The van der Waals surface area contributed by atoms with Gasteiger partial charge in [0.1, 0.15) is 0 Å². The predicted octanol–water partition coefficient (Wildman–Crippen LogP) is 4.92. The van der Waals surface area contributed by atoms with E-state index in [2.05, 4.69) is 61.0 Å². The van der Waals surface area contributed by atoms with Crippen LogP contribution in [0.4, 0.5) is 5.69 Å². The van der Waals surface area contributed by atoms with E-state index in [9.17, 15) is 0 Å². The molecule has 2 aromatic carbocycles. The Kier molecular flexibility index (Phi) is 9.45. The minimum absolute atomic E-state index is 0.225. The maximum atomic E-state index is 5.81. The fourth-order valence-corrected chi connectivity index (χ4v) is 2.75. The lowest BCUT2D eigenvalue weighted by Gasteiger charge is -2.17. The van der Waals surface area contributed by atoms with Crippen molar-refractivity contribution in [3.8, 4) is 0 Å². The van der Waals surface area contributed by atoms with Gasteiger partial charge in [0, 0.05) is 23.8 Å². The molecule has 0 unspecified atom stereocenters. The summed E-state index contributed by atoms with van der Waals surface area (Å²) in [7, 11) is 1.50. The molecule has 5 N–H and O–H groups in total. The number of hydrogen-bond acceptors (Lipinski definition) is 3. The first-order valence-corrected chi connectivity index (χ1v) is 8.85. The second-order valence-corrected chi connectivity index (χ2v) is 5.86. The predicted molar refractivity (Wildman–Crippen MR) is 112 cm³/mol. The van der Waals surface area contributed by atoms with Gasteiger partial charge in [-0.15, -0.1) is 11.6 Å². The molecule has 0 aliphatic rings. The Morgan fingerprint density at radius 2 is 1.84 bits per heavy atom. The van der Waals surface area contributed by atoms with Crippen LogP contribution < -0.4 is 16.8 Å². The largest absolute Gasteiger partial charge is 0.404 e. The summed E-state index contributed by atoms with van der Waals surface area (Å²) in [4.78, 5) is 0. The van der Waals surface area contributed by atoms with Crippen LogP contribution in [0.5, 0.6) is 0 Å². The highest BCUT2D eigenvalue weighted by atomic mass is 35.5. The summed E-state index contributed by atoms with van der Waals surface area (Å²) < 4.78 is 0. The molecular formula is C21H28ClN3. The van der Waals surface area contributed by atoms with Crippen LogP contribution in [0.15, 0.2) is 72.9 Å². The molecule has 0 heterocycles. The zero-order valence-electron chi connectivity index (χ0n) is 15.0. The number of anilines is 1. The number of rotatable bonds is 7. The fourth-order valence-electron chi connectivity index (χ4n) is 2.52. The first-order valence-electron chi connectivity index (χ1n) is 8.31. The third-order valence-corrected chi connectivity index (χ3v) is 3.99. The van der Waals surface area contributed by atoms with Gasteiger partial charge in [-0.3, -0.25) is 0 Å². The van der Waals surface area contributed by atoms with E-state index in [-0.39, 0.29) is 6.04 Å². The van der Waals surface area contributed by atoms with Gasteiger partial charge in [-0.2, -0.15) is 0 Å². The molecule has 25 heavy (non-hydrogen) atoms. The van der Waals surface area contributed by atoms with Crippen LogP contribution in [-0.2, 0) is 0 Å². The van der Waals surface area contributed by atoms with Crippen molar-refractivity contribution in [3.05, 3.63) is 84.1 Å². The summed E-state index contributed by atoms with van der Waals surface area (Å²) in [6.45, 7) is 6.22. The van der Waals surface area contributed by atoms with Crippen molar-refractivity contribution < 1.29 is 0 Å². The smallest absolute Gasteiger partial charge is 0.0485 e. The Bertz CT molecular complexity index is 681. The molecule has 134 valence electrons. The first kappa shape index (κ1) is 20.8. The van der Waals surface area contributed by atoms with Gasteiger partial charge in [0.25, 0.3) is 0 Å². The van der Waals surface area contributed by atoms with Gasteiger partial charge in [0.2, 0.25) is 0 Å². The van der Waals surface area contributed by atoms with Gasteiger partial charge in [-0.1, -0.05) is 49.0 Å². The summed E-state index contributed by atoms with van der Waals surface area (Å²) in [6.07, 6.45) is 2.33. The number of benzene rings is 2. The quantitative estimate of drug-likeness (QED) is 0.486. The van der Waals surface area contributed by atoms with Crippen molar-refractivity contribution >= 4 is 22.9 Å². The van der Waals surface area contributed by atoms with E-state index in [0.717, 1.165) is 28.8 Å². The molecule has 0 aromatic heterocycles. The van der Waals surface area contributed by atoms with Gasteiger partial charge in [-0.05, 0) is 54.8 Å². The number of nitrogens with one attached hydrogen (secondary N) is 1. The number of allylic oxidation sites excluding steroid dienone is 2. The SMILES string of the molecule is C=C(CCCl)/C(=C\N)c1cccc(N[C@@H](C)c2ccccc2)c1.CN. The van der Waals surface area contributed by atoms with Crippen LogP contribution >= 0.6 is 11.6 Å². The van der Waals surface area contributed by atoms with Gasteiger partial charge < -0.3 is 16.8 Å². The number of hydrogen-bond donors (Lipinski definition) is 3. The molecule has 2 aromatic rings. The fraction of sp³-hybridized carbons (Fsp3) is 0.238. The van der Waals surface area contributed by atoms with Crippen LogP contribution in [0.1, 0.15) is 30.5 Å². The van der Waals surface area contributed by atoms with Gasteiger partial charge in [-0.25, -0.2) is 0 Å². The van der Waals surface area contributed by atoms with Gasteiger partial charge in [0.15, 0.2) is 0 Å². The zero-order valence-corrected chi connectivity index (χ0v) is 15.8. The highest BCUT2D eigenvalue weighted by Crippen LogP contribution is 2.27. The molecule has 0 bridgehead atoms. The van der Waals surface area contributed by atoms with Crippen molar-refractivity contribution in [1.82, 2.24) is 0 Å². The molecule has 3 nitrogen and oxygen atoms in total. The van der Waals surface area contributed by atoms with Crippen LogP contribution in [0.3, 0.4) is 0 Å². The highest BCUT2D eigenvalue weighted by Gasteiger charge is 2.08. The van der Waals surface area contributed by atoms with Crippen molar-refractivity contribution in [1.29, 1.82) is 0 Å². The van der Waals surface area contributed by atoms with Crippen molar-refractivity contribution in [2.75, 3.05) is 18.2 Å². The number of alkyl halides is 1. The maximum Gasteiger partial charge on any atom is 0.0485 e. The molecule has 0 saturated carbocycles. The van der Waals surface area contributed by atoms with Crippen LogP contribution in [0.25, 0.3) is 5.57 Å². The molecule has 0 aliphatic carbocycles. The zero-order chi connectivity index (χ0) is 18.7. The minimum Gasteiger partial charge on any atom is -0.404 e. The van der Waals surface area contributed by atoms with Crippen molar-refractivity contribution in [2.45, 2.75) is 19.4 Å². The van der Waals surface area contributed by atoms with E-state index in [1.54, 1.807) is 6.20 Å². The van der Waals surface area contributed by atoms with E-state index in [1.165, 1.54) is 12.6 Å². The Morgan fingerprint density at radius 3 is 2.44 bits per heavy atom. The summed E-state index contributed by atoms with van der Waals surface area (Å²) in [5.74, 6) is 0.541. The molecule has 4 heteroatoms. The maximum absolute atomic E-state index is 5.81. The Morgan fingerprint density at radius 1 is 1.16 bits per heavy atom. The number of halogens is 1. The third kappa shape index (κ3) is 6.29. The molecule has 1 atom stereocenters. The van der Waals surface area contributed by atoms with Gasteiger partial charge in [0.05, 0.1) is 0 Å². The average Bonchev–Trinajstić information content (AvgIpc) is 2.65. The summed E-state index contributed by atoms with van der Waals surface area (Å²) in [6, 6.07) is 18.8. The second-order valence-electron chi connectivity index (χ2n) is 5.48. The van der Waals surface area contributed by atoms with Crippen molar-refractivity contribution in [3.63, 3.8) is 0 Å². The van der Waals surface area contributed by atoms with E-state index >= 15 is 0 Å². The van der Waals surface area contributed by atoms with E-state index in [4.69, 9.17) is 17.3 Å². The summed E-state index contributed by atoms with van der Waals surface area (Å²) >= 11 is 5.81. The molecule has 0 fully saturated rings. The molecule has 0 amide bonds. The minimum atomic E-state index is 0.225. The van der Waals surface area contributed by atoms with Crippen molar-refractivity contribution in [2.24, 2.45) is 11.5 Å². The summed E-state index contributed by atoms with van der Waals surface area (Å²) in [5, 5.41) is 3.52. The molecule has 2 rings (SSSR count). The first-order chi connectivity index (χ1) is 12.2. The standard InChI is InChI=1S/C20H23ClN2.CH5N/c1-15(11-12-21)20(14-22)18-9-6-10-19(13-18)23-16(2)17-7-4-3-5-8-17;1-2/h3-10,13-14,16,23H,1,11-12,22H2,2H3;2H2,1H3/b20-14+;/t16-;/m0./s1. The highest BCUT2D eigenvalue weighted by molar-refractivity contribution is 6.18.